The molecule has 0 saturated carbocycles. The molecule has 3 rings (SSSR count). The summed E-state index contributed by atoms with van der Waals surface area (Å²) < 4.78 is 0. The summed E-state index contributed by atoms with van der Waals surface area (Å²) in [7, 11) is 0. The van der Waals surface area contributed by atoms with Crippen LogP contribution in [0.4, 0.5) is 5.69 Å². The molecule has 1 fully saturated rings. The maximum Gasteiger partial charge on any atom is 0.223 e. The zero-order valence-electron chi connectivity index (χ0n) is 12.1. The maximum atomic E-state index is 12.4. The Morgan fingerprint density at radius 1 is 1.27 bits per heavy atom. The zero-order valence-corrected chi connectivity index (χ0v) is 12.1. The summed E-state index contributed by atoms with van der Waals surface area (Å²) in [6.07, 6.45) is 4.19. The summed E-state index contributed by atoms with van der Waals surface area (Å²) in [5.41, 5.74) is 8.74. The van der Waals surface area contributed by atoms with Crippen molar-refractivity contribution in [2.45, 2.75) is 12.8 Å². The van der Waals surface area contributed by atoms with Gasteiger partial charge < -0.3 is 11.1 Å². The molecule has 1 saturated heterocycles. The summed E-state index contributed by atoms with van der Waals surface area (Å²) >= 11 is 0. The highest BCUT2D eigenvalue weighted by Crippen LogP contribution is 2.23. The molecule has 5 heteroatoms. The van der Waals surface area contributed by atoms with Gasteiger partial charge in [-0.3, -0.25) is 14.6 Å². The van der Waals surface area contributed by atoms with E-state index in [1.165, 1.54) is 0 Å². The number of carbonyl (C=O) groups excluding carboxylic acids is 2. The van der Waals surface area contributed by atoms with Gasteiger partial charge in [-0.2, -0.15) is 0 Å². The van der Waals surface area contributed by atoms with Gasteiger partial charge in [-0.15, -0.1) is 0 Å². The molecular formula is C17H17N3O2. The van der Waals surface area contributed by atoms with E-state index in [9.17, 15) is 9.59 Å². The lowest BCUT2D eigenvalue weighted by molar-refractivity contribution is -0.122. The Hall–Kier alpha value is -2.69. The van der Waals surface area contributed by atoms with Crippen molar-refractivity contribution < 1.29 is 9.59 Å². The molecule has 22 heavy (non-hydrogen) atoms. The van der Waals surface area contributed by atoms with E-state index in [-0.39, 0.29) is 24.0 Å². The van der Waals surface area contributed by atoms with Crippen molar-refractivity contribution in [2.24, 2.45) is 5.92 Å². The second kappa shape index (κ2) is 5.97. The number of amides is 1. The Labute approximate surface area is 128 Å². The fourth-order valence-corrected chi connectivity index (χ4v) is 2.65. The standard InChI is InChI=1S/C17H17N3O2/c18-15-3-1-2-11(7-15)13-6-14(10-19-9-13)16(21)8-12-4-5-20-17(12)22/h1-3,6-7,9-10,12H,4-5,8,18H2,(H,20,22). The van der Waals surface area contributed by atoms with Crippen LogP contribution >= 0.6 is 0 Å². The third-order valence-corrected chi connectivity index (χ3v) is 3.87. The van der Waals surface area contributed by atoms with Crippen molar-refractivity contribution in [3.8, 4) is 11.1 Å². The molecule has 1 aromatic heterocycles. The Bertz CT molecular complexity index is 727. The van der Waals surface area contributed by atoms with Gasteiger partial charge in [0.05, 0.1) is 0 Å². The molecule has 0 aliphatic carbocycles. The van der Waals surface area contributed by atoms with Crippen LogP contribution in [-0.4, -0.2) is 23.2 Å². The van der Waals surface area contributed by atoms with E-state index in [2.05, 4.69) is 10.3 Å². The van der Waals surface area contributed by atoms with E-state index >= 15 is 0 Å². The van der Waals surface area contributed by atoms with E-state index in [1.54, 1.807) is 18.5 Å². The number of nitrogens with two attached hydrogens (primary N) is 1. The Kier molecular flexibility index (Phi) is 3.87. The van der Waals surface area contributed by atoms with Gasteiger partial charge in [0.1, 0.15) is 0 Å². The van der Waals surface area contributed by atoms with Crippen LogP contribution in [-0.2, 0) is 4.79 Å². The van der Waals surface area contributed by atoms with Crippen LogP contribution in [0.2, 0.25) is 0 Å². The van der Waals surface area contributed by atoms with Gasteiger partial charge in [-0.25, -0.2) is 0 Å². The highest BCUT2D eigenvalue weighted by molar-refractivity contribution is 5.99. The molecule has 1 aromatic carbocycles. The van der Waals surface area contributed by atoms with E-state index < -0.39 is 0 Å². The molecule has 112 valence electrons. The van der Waals surface area contributed by atoms with Gasteiger partial charge in [-0.1, -0.05) is 12.1 Å². The summed E-state index contributed by atoms with van der Waals surface area (Å²) in [6.45, 7) is 0.651. The monoisotopic (exact) mass is 295 g/mol. The number of ketones is 1. The van der Waals surface area contributed by atoms with E-state index in [0.29, 0.717) is 24.2 Å². The second-order valence-corrected chi connectivity index (χ2v) is 5.49. The third kappa shape index (κ3) is 2.98. The van der Waals surface area contributed by atoms with Crippen molar-refractivity contribution in [3.63, 3.8) is 0 Å². The summed E-state index contributed by atoms with van der Waals surface area (Å²) in [6, 6.07) is 9.24. The molecule has 1 unspecified atom stereocenters. The zero-order chi connectivity index (χ0) is 15.5. The Balaban J connectivity index is 1.81. The van der Waals surface area contributed by atoms with Crippen molar-refractivity contribution >= 4 is 17.4 Å². The molecule has 2 heterocycles. The maximum absolute atomic E-state index is 12.4. The topological polar surface area (TPSA) is 85.1 Å². The molecule has 5 nitrogen and oxygen atoms in total. The largest absolute Gasteiger partial charge is 0.399 e. The number of pyridine rings is 1. The number of hydrogen-bond acceptors (Lipinski definition) is 4. The highest BCUT2D eigenvalue weighted by Gasteiger charge is 2.26. The van der Waals surface area contributed by atoms with Gasteiger partial charge in [0, 0.05) is 48.1 Å². The van der Waals surface area contributed by atoms with Crippen LogP contribution in [0.25, 0.3) is 11.1 Å². The van der Waals surface area contributed by atoms with Crippen LogP contribution in [0.3, 0.4) is 0 Å². The quantitative estimate of drug-likeness (QED) is 0.667. The number of Topliss-reactive ketones (excluding diaryl/α,β-unsaturated/α-hetero) is 1. The predicted octanol–water partition coefficient (Wildman–Crippen LogP) is 2.04. The molecule has 1 aliphatic rings. The smallest absolute Gasteiger partial charge is 0.223 e. The van der Waals surface area contributed by atoms with Gasteiger partial charge >= 0.3 is 0 Å². The van der Waals surface area contributed by atoms with Crippen LogP contribution in [0.5, 0.6) is 0 Å². The lowest BCUT2D eigenvalue weighted by Gasteiger charge is -2.08. The molecule has 0 radical (unpaired) electrons. The number of nitrogen functional groups attached to an aromatic ring is 1. The molecule has 0 bridgehead atoms. The van der Waals surface area contributed by atoms with Crippen molar-refractivity contribution in [3.05, 3.63) is 48.3 Å². The summed E-state index contributed by atoms with van der Waals surface area (Å²) in [5.74, 6) is -0.308. The summed E-state index contributed by atoms with van der Waals surface area (Å²) in [4.78, 5) is 28.1. The van der Waals surface area contributed by atoms with Gasteiger partial charge in [0.25, 0.3) is 0 Å². The molecular weight excluding hydrogens is 278 g/mol. The molecule has 1 amide bonds. The van der Waals surface area contributed by atoms with Crippen LogP contribution in [0.15, 0.2) is 42.7 Å². The third-order valence-electron chi connectivity index (χ3n) is 3.87. The van der Waals surface area contributed by atoms with Crippen molar-refractivity contribution in [1.29, 1.82) is 0 Å². The van der Waals surface area contributed by atoms with Crippen LogP contribution in [0, 0.1) is 5.92 Å². The average molecular weight is 295 g/mol. The summed E-state index contributed by atoms with van der Waals surface area (Å²) in [5, 5.41) is 2.75. The van der Waals surface area contributed by atoms with E-state index in [1.807, 2.05) is 24.3 Å². The Morgan fingerprint density at radius 3 is 2.86 bits per heavy atom. The van der Waals surface area contributed by atoms with Crippen LogP contribution in [0.1, 0.15) is 23.2 Å². The fourth-order valence-electron chi connectivity index (χ4n) is 2.65. The number of aromatic nitrogens is 1. The lowest BCUT2D eigenvalue weighted by atomic mass is 9.96. The number of hydrogen-bond donors (Lipinski definition) is 2. The Morgan fingerprint density at radius 2 is 2.14 bits per heavy atom. The van der Waals surface area contributed by atoms with Crippen molar-refractivity contribution in [1.82, 2.24) is 10.3 Å². The van der Waals surface area contributed by atoms with Gasteiger partial charge in [0.2, 0.25) is 5.91 Å². The number of benzene rings is 1. The minimum atomic E-state index is -0.219. The number of rotatable bonds is 4. The second-order valence-electron chi connectivity index (χ2n) is 5.49. The lowest BCUT2D eigenvalue weighted by Crippen LogP contribution is -2.21. The van der Waals surface area contributed by atoms with E-state index in [0.717, 1.165) is 11.1 Å². The highest BCUT2D eigenvalue weighted by atomic mass is 16.2. The van der Waals surface area contributed by atoms with Gasteiger partial charge in [-0.05, 0) is 30.2 Å². The number of nitrogens with zero attached hydrogens (tertiary/aromatic N) is 1. The van der Waals surface area contributed by atoms with Crippen LogP contribution < -0.4 is 11.1 Å². The number of anilines is 1. The molecule has 0 spiro atoms. The minimum Gasteiger partial charge on any atom is -0.399 e. The predicted molar refractivity (Wildman–Crippen MR) is 84.1 cm³/mol. The van der Waals surface area contributed by atoms with Gasteiger partial charge in [0.15, 0.2) is 5.78 Å². The van der Waals surface area contributed by atoms with Crippen molar-refractivity contribution in [2.75, 3.05) is 12.3 Å². The first-order chi connectivity index (χ1) is 10.6. The number of carbonyl (C=O) groups is 2. The fraction of sp³-hybridized carbons (Fsp3) is 0.235. The first-order valence-corrected chi connectivity index (χ1v) is 7.25. The first-order valence-electron chi connectivity index (χ1n) is 7.25. The average Bonchev–Trinajstić information content (AvgIpc) is 2.92. The molecule has 3 N–H and O–H groups in total. The normalized spacial score (nSPS) is 17.3. The number of nitrogens with one attached hydrogen (secondary N) is 1. The minimum absolute atomic E-state index is 0.0340. The first kappa shape index (κ1) is 14.3. The van der Waals surface area contributed by atoms with E-state index in [4.69, 9.17) is 5.73 Å². The molecule has 1 atom stereocenters. The molecule has 1 aliphatic heterocycles. The SMILES string of the molecule is Nc1cccc(-c2cncc(C(=O)CC3CCNC3=O)c2)c1. The molecule has 2 aromatic rings.